The van der Waals surface area contributed by atoms with Crippen molar-refractivity contribution in [2.45, 2.75) is 31.9 Å². The summed E-state index contributed by atoms with van der Waals surface area (Å²) < 4.78 is 25.7. The first kappa shape index (κ1) is 15.8. The zero-order valence-corrected chi connectivity index (χ0v) is 12.4. The average Bonchev–Trinajstić information content (AvgIpc) is 2.32. The molecule has 2 N–H and O–H groups in total. The molecule has 19 heavy (non-hydrogen) atoms. The van der Waals surface area contributed by atoms with Gasteiger partial charge in [-0.15, -0.1) is 0 Å². The van der Waals surface area contributed by atoms with E-state index in [9.17, 15) is 13.2 Å². The van der Waals surface area contributed by atoms with E-state index < -0.39 is 21.3 Å². The first-order valence-corrected chi connectivity index (χ1v) is 7.89. The van der Waals surface area contributed by atoms with Crippen LogP contribution in [0.1, 0.15) is 26.7 Å². The Labute approximate surface area is 118 Å². The molecule has 0 unspecified atom stereocenters. The Bertz CT molecular complexity index is 524. The van der Waals surface area contributed by atoms with Gasteiger partial charge in [-0.25, -0.2) is 17.9 Å². The van der Waals surface area contributed by atoms with Crippen molar-refractivity contribution in [2.24, 2.45) is 0 Å². The summed E-state index contributed by atoms with van der Waals surface area (Å²) >= 11 is 5.71. The van der Waals surface area contributed by atoms with Crippen molar-refractivity contribution in [1.29, 1.82) is 0 Å². The highest BCUT2D eigenvalue weighted by Gasteiger charge is 2.23. The van der Waals surface area contributed by atoms with E-state index in [1.54, 1.807) is 38.1 Å². The van der Waals surface area contributed by atoms with Crippen molar-refractivity contribution >= 4 is 33.3 Å². The molecule has 1 rings (SSSR count). The lowest BCUT2D eigenvalue weighted by atomic mass is 10.3. The molecule has 0 bridgehead atoms. The summed E-state index contributed by atoms with van der Waals surface area (Å²) in [6.07, 6.45) is 0.917. The highest BCUT2D eigenvalue weighted by molar-refractivity contribution is 7.90. The molecule has 5 nitrogen and oxygen atoms in total. The van der Waals surface area contributed by atoms with E-state index in [4.69, 9.17) is 11.6 Å². The maximum atomic E-state index is 11.9. The Hall–Kier alpha value is -1.27. The number of carbonyl (C=O) groups excluding carboxylic acids is 1. The third-order valence-electron chi connectivity index (χ3n) is 2.69. The molecule has 0 aliphatic carbocycles. The number of carbonyl (C=O) groups is 1. The van der Waals surface area contributed by atoms with E-state index in [0.717, 1.165) is 0 Å². The number of sulfonamides is 1. The van der Waals surface area contributed by atoms with E-state index >= 15 is 0 Å². The SMILES string of the molecule is CCC(CC)S(=O)(=O)NC(=O)Nc1ccc(Cl)cc1. The molecule has 0 aliphatic rings. The molecule has 1 aromatic carbocycles. The molecule has 7 heteroatoms. The van der Waals surface area contributed by atoms with Gasteiger partial charge in [-0.3, -0.25) is 0 Å². The van der Waals surface area contributed by atoms with Crippen molar-refractivity contribution < 1.29 is 13.2 Å². The van der Waals surface area contributed by atoms with Crippen LogP contribution in [0.2, 0.25) is 5.02 Å². The van der Waals surface area contributed by atoms with Crippen LogP contribution in [-0.4, -0.2) is 19.7 Å². The van der Waals surface area contributed by atoms with Crippen LogP contribution in [0, 0.1) is 0 Å². The molecule has 0 atom stereocenters. The Morgan fingerprint density at radius 3 is 2.21 bits per heavy atom. The molecule has 1 aromatic rings. The van der Waals surface area contributed by atoms with E-state index in [2.05, 4.69) is 5.32 Å². The Balaban J connectivity index is 2.67. The van der Waals surface area contributed by atoms with Crippen molar-refractivity contribution in [3.8, 4) is 0 Å². The van der Waals surface area contributed by atoms with Crippen molar-refractivity contribution in [1.82, 2.24) is 4.72 Å². The Morgan fingerprint density at radius 2 is 1.74 bits per heavy atom. The van der Waals surface area contributed by atoms with Crippen LogP contribution in [-0.2, 0) is 10.0 Å². The number of anilines is 1. The van der Waals surface area contributed by atoms with Crippen LogP contribution in [0.4, 0.5) is 10.5 Å². The molecular weight excluding hydrogens is 288 g/mol. The number of rotatable bonds is 5. The largest absolute Gasteiger partial charge is 0.332 e. The fourth-order valence-electron chi connectivity index (χ4n) is 1.63. The predicted octanol–water partition coefficient (Wildman–Crippen LogP) is 2.98. The first-order chi connectivity index (χ1) is 8.89. The minimum atomic E-state index is -3.64. The molecule has 0 radical (unpaired) electrons. The molecule has 0 saturated carbocycles. The molecule has 0 saturated heterocycles. The van der Waals surface area contributed by atoms with Gasteiger partial charge in [-0.1, -0.05) is 25.4 Å². The average molecular weight is 305 g/mol. The monoisotopic (exact) mass is 304 g/mol. The summed E-state index contributed by atoms with van der Waals surface area (Å²) in [5.74, 6) is 0. The van der Waals surface area contributed by atoms with Crippen LogP contribution in [0.25, 0.3) is 0 Å². The summed E-state index contributed by atoms with van der Waals surface area (Å²) in [5, 5.41) is 2.41. The number of nitrogens with one attached hydrogen (secondary N) is 2. The van der Waals surface area contributed by atoms with Crippen LogP contribution in [0.15, 0.2) is 24.3 Å². The lowest BCUT2D eigenvalue weighted by Crippen LogP contribution is -2.40. The Morgan fingerprint density at radius 1 is 1.21 bits per heavy atom. The highest BCUT2D eigenvalue weighted by Crippen LogP contribution is 2.14. The maximum Gasteiger partial charge on any atom is 0.332 e. The number of amides is 2. The number of hydrogen-bond donors (Lipinski definition) is 2. The summed E-state index contributed by atoms with van der Waals surface area (Å²) in [4.78, 5) is 11.6. The van der Waals surface area contributed by atoms with Crippen LogP contribution in [0.5, 0.6) is 0 Å². The molecule has 0 aliphatic heterocycles. The Kier molecular flexibility index (Phi) is 5.62. The third kappa shape index (κ3) is 4.72. The predicted molar refractivity (Wildman–Crippen MR) is 76.9 cm³/mol. The van der Waals surface area contributed by atoms with E-state index in [0.29, 0.717) is 23.6 Å². The second-order valence-electron chi connectivity index (χ2n) is 4.05. The topological polar surface area (TPSA) is 75.3 Å². The molecule has 0 aromatic heterocycles. The van der Waals surface area contributed by atoms with Crippen LogP contribution in [0.3, 0.4) is 0 Å². The molecule has 0 spiro atoms. The lowest BCUT2D eigenvalue weighted by Gasteiger charge is -2.15. The molecule has 106 valence electrons. The fourth-order valence-corrected chi connectivity index (χ4v) is 3.11. The van der Waals surface area contributed by atoms with Gasteiger partial charge in [0.05, 0.1) is 5.25 Å². The third-order valence-corrected chi connectivity index (χ3v) is 4.95. The van der Waals surface area contributed by atoms with Crippen molar-refractivity contribution in [2.75, 3.05) is 5.32 Å². The van der Waals surface area contributed by atoms with Crippen molar-refractivity contribution in [3.05, 3.63) is 29.3 Å². The smallest absolute Gasteiger partial charge is 0.307 e. The minimum absolute atomic E-state index is 0.458. The van der Waals surface area contributed by atoms with Gasteiger partial charge < -0.3 is 5.32 Å². The molecular formula is C12H17ClN2O3S. The van der Waals surface area contributed by atoms with Gasteiger partial charge in [0.25, 0.3) is 0 Å². The van der Waals surface area contributed by atoms with Crippen molar-refractivity contribution in [3.63, 3.8) is 0 Å². The van der Waals surface area contributed by atoms with Gasteiger partial charge in [0.15, 0.2) is 0 Å². The van der Waals surface area contributed by atoms with Crippen LogP contribution >= 0.6 is 11.6 Å². The first-order valence-electron chi connectivity index (χ1n) is 5.97. The number of halogens is 1. The molecule has 2 amide bonds. The lowest BCUT2D eigenvalue weighted by molar-refractivity contribution is 0.256. The number of urea groups is 1. The van der Waals surface area contributed by atoms with E-state index in [-0.39, 0.29) is 0 Å². The fraction of sp³-hybridized carbons (Fsp3) is 0.417. The van der Waals surface area contributed by atoms with E-state index in [1.165, 1.54) is 0 Å². The zero-order chi connectivity index (χ0) is 14.5. The number of benzene rings is 1. The standard InChI is InChI=1S/C12H17ClN2O3S/c1-3-11(4-2)19(17,18)15-12(16)14-10-7-5-9(13)6-8-10/h5-8,11H,3-4H2,1-2H3,(H2,14,15,16). The second kappa shape index (κ2) is 6.77. The molecule has 0 fully saturated rings. The quantitative estimate of drug-likeness (QED) is 0.878. The van der Waals surface area contributed by atoms with Gasteiger partial charge in [0.1, 0.15) is 0 Å². The summed E-state index contributed by atoms with van der Waals surface area (Å²) in [6.45, 7) is 3.54. The highest BCUT2D eigenvalue weighted by atomic mass is 35.5. The normalized spacial score (nSPS) is 11.4. The minimum Gasteiger partial charge on any atom is -0.307 e. The maximum absolute atomic E-state index is 11.9. The van der Waals surface area contributed by atoms with Gasteiger partial charge >= 0.3 is 6.03 Å². The second-order valence-corrected chi connectivity index (χ2v) is 6.44. The summed E-state index contributed by atoms with van der Waals surface area (Å²) in [5.41, 5.74) is 0.474. The van der Waals surface area contributed by atoms with E-state index in [1.807, 2.05) is 4.72 Å². The van der Waals surface area contributed by atoms with Gasteiger partial charge in [-0.05, 0) is 37.1 Å². The summed E-state index contributed by atoms with van der Waals surface area (Å²) in [7, 11) is -3.64. The van der Waals surface area contributed by atoms with Gasteiger partial charge in [-0.2, -0.15) is 0 Å². The number of hydrogen-bond acceptors (Lipinski definition) is 3. The summed E-state index contributed by atoms with van der Waals surface area (Å²) in [6, 6.07) is 5.62. The van der Waals surface area contributed by atoms with Gasteiger partial charge in [0, 0.05) is 10.7 Å². The zero-order valence-electron chi connectivity index (χ0n) is 10.8. The van der Waals surface area contributed by atoms with Crippen LogP contribution < -0.4 is 10.0 Å². The van der Waals surface area contributed by atoms with Gasteiger partial charge in [0.2, 0.25) is 10.0 Å². The molecule has 0 heterocycles.